The van der Waals surface area contributed by atoms with Gasteiger partial charge in [0.1, 0.15) is 5.92 Å². The summed E-state index contributed by atoms with van der Waals surface area (Å²) in [7, 11) is 0. The summed E-state index contributed by atoms with van der Waals surface area (Å²) in [6, 6.07) is 5.72. The lowest BCUT2D eigenvalue weighted by Crippen LogP contribution is -2.16. The van der Waals surface area contributed by atoms with Crippen LogP contribution in [0.1, 0.15) is 18.9 Å². The fraction of sp³-hybridized carbons (Fsp3) is 0.417. The smallest absolute Gasteiger partial charge is 0.323 e. The fourth-order valence-electron chi connectivity index (χ4n) is 1.33. The van der Waals surface area contributed by atoms with E-state index in [1.807, 2.05) is 18.2 Å². The van der Waals surface area contributed by atoms with Gasteiger partial charge in [-0.1, -0.05) is 6.07 Å². The Labute approximate surface area is 94.9 Å². The third-order valence-electron chi connectivity index (χ3n) is 2.17. The zero-order valence-corrected chi connectivity index (χ0v) is 9.22. The maximum atomic E-state index is 11.3. The molecule has 0 bridgehead atoms. The molecule has 0 unspecified atom stereocenters. The molecule has 16 heavy (non-hydrogen) atoms. The van der Waals surface area contributed by atoms with Gasteiger partial charge in [0.05, 0.1) is 12.7 Å². The lowest BCUT2D eigenvalue weighted by Gasteiger charge is -2.07. The number of pyridine rings is 1. The van der Waals surface area contributed by atoms with Crippen molar-refractivity contribution < 1.29 is 9.53 Å². The minimum Gasteiger partial charge on any atom is -0.465 e. The van der Waals surface area contributed by atoms with Crippen LogP contribution in [0, 0.1) is 17.2 Å². The first-order valence-electron chi connectivity index (χ1n) is 5.23. The molecule has 0 radical (unpaired) electrons. The first kappa shape index (κ1) is 12.2. The first-order valence-corrected chi connectivity index (χ1v) is 5.23. The van der Waals surface area contributed by atoms with E-state index in [0.717, 1.165) is 5.56 Å². The van der Waals surface area contributed by atoms with Crippen LogP contribution in [0.5, 0.6) is 0 Å². The summed E-state index contributed by atoms with van der Waals surface area (Å²) in [6.45, 7) is 2.04. The first-order chi connectivity index (χ1) is 7.77. The van der Waals surface area contributed by atoms with Crippen LogP contribution < -0.4 is 0 Å². The molecule has 1 aromatic rings. The average molecular weight is 218 g/mol. The third kappa shape index (κ3) is 3.70. The second kappa shape index (κ2) is 6.57. The van der Waals surface area contributed by atoms with Gasteiger partial charge in [-0.15, -0.1) is 0 Å². The zero-order valence-electron chi connectivity index (χ0n) is 9.22. The second-order valence-corrected chi connectivity index (χ2v) is 3.33. The molecule has 0 saturated carbocycles. The van der Waals surface area contributed by atoms with Gasteiger partial charge in [-0.05, 0) is 31.4 Å². The number of aryl methyl sites for hydroxylation is 1. The molecule has 1 atom stereocenters. The summed E-state index contributed by atoms with van der Waals surface area (Å²) in [5, 5.41) is 8.83. The molecule has 4 heteroatoms. The van der Waals surface area contributed by atoms with Gasteiger partial charge >= 0.3 is 5.97 Å². The third-order valence-corrected chi connectivity index (χ3v) is 2.17. The van der Waals surface area contributed by atoms with Crippen LogP contribution in [0.4, 0.5) is 0 Å². The number of rotatable bonds is 5. The van der Waals surface area contributed by atoms with Crippen molar-refractivity contribution in [1.29, 1.82) is 5.26 Å². The van der Waals surface area contributed by atoms with Crippen LogP contribution in [0.15, 0.2) is 24.5 Å². The van der Waals surface area contributed by atoms with Crippen molar-refractivity contribution in [2.75, 3.05) is 6.61 Å². The van der Waals surface area contributed by atoms with E-state index in [0.29, 0.717) is 19.4 Å². The highest BCUT2D eigenvalue weighted by Crippen LogP contribution is 2.10. The standard InChI is InChI=1S/C12H14N2O2/c1-2-16-12(15)11(8-13)6-5-10-4-3-7-14-9-10/h3-4,7,9,11H,2,5-6H2,1H3/t11-/m1/s1. The van der Waals surface area contributed by atoms with Crippen LogP contribution in [-0.4, -0.2) is 17.6 Å². The Balaban J connectivity index is 2.47. The fourth-order valence-corrected chi connectivity index (χ4v) is 1.33. The Hall–Kier alpha value is -1.89. The van der Waals surface area contributed by atoms with E-state index < -0.39 is 11.9 Å². The van der Waals surface area contributed by atoms with Crippen molar-refractivity contribution in [3.05, 3.63) is 30.1 Å². The predicted molar refractivity (Wildman–Crippen MR) is 58.3 cm³/mol. The topological polar surface area (TPSA) is 63.0 Å². The van der Waals surface area contributed by atoms with E-state index >= 15 is 0 Å². The molecular formula is C12H14N2O2. The summed E-state index contributed by atoms with van der Waals surface area (Å²) in [6.07, 6.45) is 4.56. The number of hydrogen-bond donors (Lipinski definition) is 0. The maximum absolute atomic E-state index is 11.3. The monoisotopic (exact) mass is 218 g/mol. The molecule has 0 aromatic carbocycles. The van der Waals surface area contributed by atoms with E-state index in [1.165, 1.54) is 0 Å². The van der Waals surface area contributed by atoms with Gasteiger partial charge in [-0.2, -0.15) is 5.26 Å². The molecular weight excluding hydrogens is 204 g/mol. The van der Waals surface area contributed by atoms with Crippen LogP contribution in [-0.2, 0) is 16.0 Å². The van der Waals surface area contributed by atoms with Crippen molar-refractivity contribution in [2.24, 2.45) is 5.92 Å². The van der Waals surface area contributed by atoms with Crippen LogP contribution in [0.25, 0.3) is 0 Å². The van der Waals surface area contributed by atoms with Crippen molar-refractivity contribution in [1.82, 2.24) is 4.98 Å². The molecule has 0 amide bonds. The van der Waals surface area contributed by atoms with Gasteiger partial charge in [-0.3, -0.25) is 9.78 Å². The Morgan fingerprint density at radius 1 is 1.69 bits per heavy atom. The van der Waals surface area contributed by atoms with E-state index in [1.54, 1.807) is 19.3 Å². The number of carbonyl (C=O) groups excluding carboxylic acids is 1. The van der Waals surface area contributed by atoms with E-state index in [9.17, 15) is 4.79 Å². The SMILES string of the molecule is CCOC(=O)[C@@H](C#N)CCc1cccnc1. The summed E-state index contributed by atoms with van der Waals surface area (Å²) in [5.41, 5.74) is 1.02. The summed E-state index contributed by atoms with van der Waals surface area (Å²) < 4.78 is 4.81. The zero-order chi connectivity index (χ0) is 11.8. The molecule has 0 aliphatic rings. The molecule has 1 aromatic heterocycles. The van der Waals surface area contributed by atoms with Gasteiger partial charge in [-0.25, -0.2) is 0 Å². The second-order valence-electron chi connectivity index (χ2n) is 3.33. The van der Waals surface area contributed by atoms with Gasteiger partial charge in [0.25, 0.3) is 0 Å². The van der Waals surface area contributed by atoms with Crippen LogP contribution in [0.3, 0.4) is 0 Å². The Bertz CT molecular complexity index is 370. The van der Waals surface area contributed by atoms with Crippen molar-refractivity contribution in [3.63, 3.8) is 0 Å². The molecule has 1 heterocycles. The van der Waals surface area contributed by atoms with Gasteiger partial charge in [0, 0.05) is 12.4 Å². The van der Waals surface area contributed by atoms with E-state index in [4.69, 9.17) is 10.00 Å². The normalized spacial score (nSPS) is 11.5. The van der Waals surface area contributed by atoms with Gasteiger partial charge in [0.15, 0.2) is 0 Å². The molecule has 0 aliphatic heterocycles. The summed E-state index contributed by atoms with van der Waals surface area (Å²) in [5.74, 6) is -1.12. The Morgan fingerprint density at radius 2 is 2.50 bits per heavy atom. The lowest BCUT2D eigenvalue weighted by atomic mass is 10.0. The van der Waals surface area contributed by atoms with Crippen LogP contribution in [0.2, 0.25) is 0 Å². The van der Waals surface area contributed by atoms with Crippen molar-refractivity contribution in [3.8, 4) is 6.07 Å². The van der Waals surface area contributed by atoms with E-state index in [2.05, 4.69) is 4.98 Å². The van der Waals surface area contributed by atoms with Crippen LogP contribution >= 0.6 is 0 Å². The molecule has 4 nitrogen and oxygen atoms in total. The van der Waals surface area contributed by atoms with Gasteiger partial charge in [0.2, 0.25) is 0 Å². The number of esters is 1. The van der Waals surface area contributed by atoms with E-state index in [-0.39, 0.29) is 0 Å². The van der Waals surface area contributed by atoms with Crippen molar-refractivity contribution in [2.45, 2.75) is 19.8 Å². The summed E-state index contributed by atoms with van der Waals surface area (Å²) >= 11 is 0. The molecule has 0 N–H and O–H groups in total. The number of nitriles is 1. The molecule has 0 saturated heterocycles. The number of carbonyl (C=O) groups is 1. The Morgan fingerprint density at radius 3 is 3.06 bits per heavy atom. The largest absolute Gasteiger partial charge is 0.465 e. The number of hydrogen-bond acceptors (Lipinski definition) is 4. The molecule has 84 valence electrons. The number of aromatic nitrogens is 1. The molecule has 0 spiro atoms. The highest BCUT2D eigenvalue weighted by atomic mass is 16.5. The highest BCUT2D eigenvalue weighted by molar-refractivity contribution is 5.75. The molecule has 0 aliphatic carbocycles. The highest BCUT2D eigenvalue weighted by Gasteiger charge is 2.18. The molecule has 0 fully saturated rings. The number of ether oxygens (including phenoxy) is 1. The maximum Gasteiger partial charge on any atom is 0.323 e. The molecule has 1 rings (SSSR count). The number of nitrogens with zero attached hydrogens (tertiary/aromatic N) is 2. The quantitative estimate of drug-likeness (QED) is 0.706. The Kier molecular flexibility index (Phi) is 5.00. The average Bonchev–Trinajstić information content (AvgIpc) is 2.31. The van der Waals surface area contributed by atoms with Gasteiger partial charge < -0.3 is 4.74 Å². The lowest BCUT2D eigenvalue weighted by molar-refractivity contribution is -0.146. The minimum atomic E-state index is -0.680. The predicted octanol–water partition coefficient (Wildman–Crippen LogP) is 1.72. The minimum absolute atomic E-state index is 0.309. The van der Waals surface area contributed by atoms with Crippen molar-refractivity contribution >= 4 is 5.97 Å². The summed E-state index contributed by atoms with van der Waals surface area (Å²) in [4.78, 5) is 15.3.